The highest BCUT2D eigenvalue weighted by Crippen LogP contribution is 2.02. The molecule has 1 atom stereocenters. The van der Waals surface area contributed by atoms with Gasteiger partial charge >= 0.3 is 0 Å². The summed E-state index contributed by atoms with van der Waals surface area (Å²) in [6, 6.07) is 0.0360. The van der Waals surface area contributed by atoms with Crippen molar-refractivity contribution in [1.82, 2.24) is 4.90 Å². The maximum absolute atomic E-state index is 10.6. The van der Waals surface area contributed by atoms with Crippen molar-refractivity contribution in [2.75, 3.05) is 6.54 Å². The zero-order chi connectivity index (χ0) is 6.85. The Morgan fingerprint density at radius 1 is 1.89 bits per heavy atom. The van der Waals surface area contributed by atoms with Crippen LogP contribution in [0.4, 0.5) is 0 Å². The van der Waals surface area contributed by atoms with Crippen molar-refractivity contribution in [3.05, 3.63) is 12.3 Å². The molecule has 1 unspecified atom stereocenters. The number of amides is 1. The standard InChI is InChI=1S/C6H10N2O/c1-5(9)8-3-2-6(7)4-8/h2-3,6H,4,7H2,1H3. The summed E-state index contributed by atoms with van der Waals surface area (Å²) in [5.74, 6) is 0.0548. The smallest absolute Gasteiger partial charge is 0.223 e. The molecule has 0 aromatic rings. The average Bonchev–Trinajstić information content (AvgIpc) is 2.14. The zero-order valence-electron chi connectivity index (χ0n) is 5.37. The minimum Gasteiger partial charge on any atom is -0.323 e. The first kappa shape index (κ1) is 6.29. The highest BCUT2D eigenvalue weighted by molar-refractivity contribution is 5.74. The van der Waals surface area contributed by atoms with Crippen LogP contribution in [0.1, 0.15) is 6.92 Å². The molecule has 1 amide bonds. The third kappa shape index (κ3) is 1.29. The van der Waals surface area contributed by atoms with Crippen LogP contribution in [0.15, 0.2) is 12.3 Å². The lowest BCUT2D eigenvalue weighted by atomic mass is 10.3. The molecular weight excluding hydrogens is 116 g/mol. The summed E-state index contributed by atoms with van der Waals surface area (Å²) in [6.45, 7) is 2.16. The van der Waals surface area contributed by atoms with Gasteiger partial charge in [0, 0.05) is 25.7 Å². The molecule has 0 saturated heterocycles. The Morgan fingerprint density at radius 3 is 2.78 bits per heavy atom. The molecule has 2 N–H and O–H groups in total. The van der Waals surface area contributed by atoms with Crippen LogP contribution in [0.5, 0.6) is 0 Å². The van der Waals surface area contributed by atoms with Gasteiger partial charge in [-0.2, -0.15) is 0 Å². The normalized spacial score (nSPS) is 25.1. The van der Waals surface area contributed by atoms with Crippen LogP contribution >= 0.6 is 0 Å². The lowest BCUT2D eigenvalue weighted by Crippen LogP contribution is -2.29. The molecule has 0 aromatic carbocycles. The largest absolute Gasteiger partial charge is 0.323 e. The van der Waals surface area contributed by atoms with E-state index in [1.54, 1.807) is 11.1 Å². The molecule has 0 aromatic heterocycles. The van der Waals surface area contributed by atoms with Crippen molar-refractivity contribution in [3.63, 3.8) is 0 Å². The van der Waals surface area contributed by atoms with Crippen molar-refractivity contribution in [2.45, 2.75) is 13.0 Å². The molecule has 1 rings (SSSR count). The Hall–Kier alpha value is -0.830. The second kappa shape index (κ2) is 2.19. The van der Waals surface area contributed by atoms with Gasteiger partial charge in [-0.15, -0.1) is 0 Å². The molecule has 0 saturated carbocycles. The predicted molar refractivity (Wildman–Crippen MR) is 34.5 cm³/mol. The van der Waals surface area contributed by atoms with Crippen molar-refractivity contribution >= 4 is 5.91 Å². The van der Waals surface area contributed by atoms with Crippen molar-refractivity contribution in [3.8, 4) is 0 Å². The van der Waals surface area contributed by atoms with Gasteiger partial charge in [0.05, 0.1) is 0 Å². The van der Waals surface area contributed by atoms with E-state index in [0.29, 0.717) is 6.54 Å². The quantitative estimate of drug-likeness (QED) is 0.484. The van der Waals surface area contributed by atoms with Crippen LogP contribution < -0.4 is 5.73 Å². The van der Waals surface area contributed by atoms with E-state index < -0.39 is 0 Å². The van der Waals surface area contributed by atoms with E-state index in [-0.39, 0.29) is 11.9 Å². The molecule has 9 heavy (non-hydrogen) atoms. The van der Waals surface area contributed by atoms with Gasteiger partial charge in [0.1, 0.15) is 0 Å². The minimum atomic E-state index is 0.0360. The van der Waals surface area contributed by atoms with Gasteiger partial charge in [-0.25, -0.2) is 0 Å². The molecule has 3 nitrogen and oxygen atoms in total. The first-order valence-corrected chi connectivity index (χ1v) is 2.91. The fourth-order valence-electron chi connectivity index (χ4n) is 0.797. The highest BCUT2D eigenvalue weighted by atomic mass is 16.2. The maximum atomic E-state index is 10.6. The van der Waals surface area contributed by atoms with E-state index >= 15 is 0 Å². The Morgan fingerprint density at radius 2 is 2.56 bits per heavy atom. The number of nitrogens with two attached hydrogens (primary N) is 1. The zero-order valence-corrected chi connectivity index (χ0v) is 5.37. The highest BCUT2D eigenvalue weighted by Gasteiger charge is 2.13. The molecule has 0 radical (unpaired) electrons. The molecule has 1 aliphatic rings. The third-order valence-corrected chi connectivity index (χ3v) is 1.33. The number of hydrogen-bond acceptors (Lipinski definition) is 2. The number of hydrogen-bond donors (Lipinski definition) is 1. The average molecular weight is 126 g/mol. The maximum Gasteiger partial charge on any atom is 0.223 e. The second-order valence-corrected chi connectivity index (χ2v) is 2.18. The Bertz CT molecular complexity index is 153. The lowest BCUT2D eigenvalue weighted by Gasteiger charge is -2.10. The van der Waals surface area contributed by atoms with E-state index in [1.807, 2.05) is 6.08 Å². The number of carbonyl (C=O) groups is 1. The van der Waals surface area contributed by atoms with Crippen LogP contribution in [0.3, 0.4) is 0 Å². The first-order valence-electron chi connectivity index (χ1n) is 2.91. The van der Waals surface area contributed by atoms with Crippen molar-refractivity contribution in [1.29, 1.82) is 0 Å². The fourth-order valence-corrected chi connectivity index (χ4v) is 0.797. The van der Waals surface area contributed by atoms with Gasteiger partial charge < -0.3 is 10.6 Å². The van der Waals surface area contributed by atoms with Gasteiger partial charge in [-0.1, -0.05) is 0 Å². The van der Waals surface area contributed by atoms with Crippen LogP contribution in [-0.4, -0.2) is 23.4 Å². The molecule has 0 spiro atoms. The van der Waals surface area contributed by atoms with Crippen LogP contribution in [0.25, 0.3) is 0 Å². The van der Waals surface area contributed by atoms with Gasteiger partial charge in [0.2, 0.25) is 5.91 Å². The second-order valence-electron chi connectivity index (χ2n) is 2.18. The van der Waals surface area contributed by atoms with E-state index in [1.165, 1.54) is 6.92 Å². The summed E-state index contributed by atoms with van der Waals surface area (Å²) in [4.78, 5) is 12.2. The van der Waals surface area contributed by atoms with E-state index in [4.69, 9.17) is 5.73 Å². The Kier molecular flexibility index (Phi) is 1.53. The van der Waals surface area contributed by atoms with Gasteiger partial charge in [0.15, 0.2) is 0 Å². The molecule has 0 fully saturated rings. The SMILES string of the molecule is CC(=O)N1C=CC(N)C1. The van der Waals surface area contributed by atoms with E-state index in [9.17, 15) is 4.79 Å². The third-order valence-electron chi connectivity index (χ3n) is 1.33. The molecule has 1 aliphatic heterocycles. The summed E-state index contributed by atoms with van der Waals surface area (Å²) in [5, 5.41) is 0. The minimum absolute atomic E-state index is 0.0360. The van der Waals surface area contributed by atoms with Crippen LogP contribution in [0.2, 0.25) is 0 Å². The van der Waals surface area contributed by atoms with Gasteiger partial charge in [0.25, 0.3) is 0 Å². The number of nitrogens with zero attached hydrogens (tertiary/aromatic N) is 1. The van der Waals surface area contributed by atoms with Crippen molar-refractivity contribution in [2.24, 2.45) is 5.73 Å². The predicted octanol–water partition coefficient (Wildman–Crippen LogP) is -0.310. The van der Waals surface area contributed by atoms with Crippen LogP contribution in [-0.2, 0) is 4.79 Å². The molecule has 0 bridgehead atoms. The monoisotopic (exact) mass is 126 g/mol. The van der Waals surface area contributed by atoms with Crippen molar-refractivity contribution < 1.29 is 4.79 Å². The first-order chi connectivity index (χ1) is 4.20. The van der Waals surface area contributed by atoms with E-state index in [0.717, 1.165) is 0 Å². The lowest BCUT2D eigenvalue weighted by molar-refractivity contribution is -0.126. The summed E-state index contributed by atoms with van der Waals surface area (Å²) >= 11 is 0. The number of carbonyl (C=O) groups excluding carboxylic acids is 1. The summed E-state index contributed by atoms with van der Waals surface area (Å²) < 4.78 is 0. The van der Waals surface area contributed by atoms with Gasteiger partial charge in [-0.05, 0) is 6.08 Å². The summed E-state index contributed by atoms with van der Waals surface area (Å²) in [7, 11) is 0. The topological polar surface area (TPSA) is 46.3 Å². The molecular formula is C6H10N2O. The fraction of sp³-hybridized carbons (Fsp3) is 0.500. The summed E-state index contributed by atoms with van der Waals surface area (Å²) in [6.07, 6.45) is 3.55. The Labute approximate surface area is 54.1 Å². The molecule has 0 aliphatic carbocycles. The summed E-state index contributed by atoms with van der Waals surface area (Å²) in [5.41, 5.74) is 5.48. The van der Waals surface area contributed by atoms with Gasteiger partial charge in [-0.3, -0.25) is 4.79 Å². The molecule has 3 heteroatoms. The number of rotatable bonds is 0. The van der Waals surface area contributed by atoms with Crippen LogP contribution in [0, 0.1) is 0 Å². The molecule has 1 heterocycles. The Balaban J connectivity index is 2.50. The van der Waals surface area contributed by atoms with E-state index in [2.05, 4.69) is 0 Å². The molecule has 50 valence electrons.